The van der Waals surface area contributed by atoms with Gasteiger partial charge < -0.3 is 15.4 Å². The molecule has 1 saturated heterocycles. The van der Waals surface area contributed by atoms with Gasteiger partial charge in [-0.05, 0) is 65.6 Å². The number of ether oxygens (including phenoxy) is 1. The van der Waals surface area contributed by atoms with E-state index in [9.17, 15) is 19.2 Å². The quantitative estimate of drug-likeness (QED) is 0.522. The topological polar surface area (TPSA) is 105 Å². The van der Waals surface area contributed by atoms with Crippen LogP contribution in [0.25, 0.3) is 6.08 Å². The van der Waals surface area contributed by atoms with Gasteiger partial charge in [0.15, 0.2) is 0 Å². The summed E-state index contributed by atoms with van der Waals surface area (Å²) in [6.45, 7) is 7.96. The highest BCUT2D eigenvalue weighted by Gasteiger charge is 2.34. The molecule has 1 fully saturated rings. The lowest BCUT2D eigenvalue weighted by Crippen LogP contribution is -2.47. The third-order valence-corrected chi connectivity index (χ3v) is 6.58. The molecule has 0 aromatic heterocycles. The average molecular weight is 510 g/mol. The maximum Gasteiger partial charge on any atom is 0.293 e. The van der Waals surface area contributed by atoms with Crippen LogP contribution in [0, 0.1) is 0 Å². The molecule has 36 heavy (non-hydrogen) atoms. The summed E-state index contributed by atoms with van der Waals surface area (Å²) in [4.78, 5) is 51.4. The molecule has 0 saturated carbocycles. The van der Waals surface area contributed by atoms with Crippen molar-refractivity contribution >= 4 is 40.8 Å². The van der Waals surface area contributed by atoms with E-state index >= 15 is 0 Å². The number of hydrogen-bond donors (Lipinski definition) is 2. The molecule has 190 valence electrons. The number of amides is 4. The second kappa shape index (κ2) is 11.4. The Morgan fingerprint density at radius 3 is 2.28 bits per heavy atom. The van der Waals surface area contributed by atoms with E-state index < -0.39 is 23.1 Å². The monoisotopic (exact) mass is 509 g/mol. The molecule has 0 unspecified atom stereocenters. The van der Waals surface area contributed by atoms with Crippen molar-refractivity contribution < 1.29 is 23.9 Å². The predicted octanol–water partition coefficient (Wildman–Crippen LogP) is 3.96. The molecule has 1 atom stereocenters. The van der Waals surface area contributed by atoms with Crippen molar-refractivity contribution in [3.8, 4) is 5.75 Å². The molecule has 2 N–H and O–H groups in total. The Kier molecular flexibility index (Phi) is 8.57. The zero-order chi connectivity index (χ0) is 26.5. The van der Waals surface area contributed by atoms with Crippen molar-refractivity contribution in [2.75, 3.05) is 20.2 Å². The van der Waals surface area contributed by atoms with E-state index in [1.165, 1.54) is 0 Å². The molecule has 9 heteroatoms. The van der Waals surface area contributed by atoms with Gasteiger partial charge in [0.25, 0.3) is 17.1 Å². The van der Waals surface area contributed by atoms with E-state index in [4.69, 9.17) is 4.74 Å². The van der Waals surface area contributed by atoms with Gasteiger partial charge in [-0.2, -0.15) is 0 Å². The molecule has 4 amide bonds. The maximum atomic E-state index is 12.7. The molecule has 0 radical (unpaired) electrons. The fourth-order valence-corrected chi connectivity index (χ4v) is 4.32. The van der Waals surface area contributed by atoms with Crippen molar-refractivity contribution in [2.24, 2.45) is 0 Å². The summed E-state index contributed by atoms with van der Waals surface area (Å²) in [6, 6.07) is 13.6. The first-order valence-electron chi connectivity index (χ1n) is 11.6. The first-order chi connectivity index (χ1) is 17.0. The fourth-order valence-electron chi connectivity index (χ4n) is 3.46. The van der Waals surface area contributed by atoms with Crippen molar-refractivity contribution in [1.82, 2.24) is 15.5 Å². The molecule has 1 aliphatic heterocycles. The Balaban J connectivity index is 1.49. The normalized spacial score (nSPS) is 15.7. The molecule has 2 aromatic rings. The summed E-state index contributed by atoms with van der Waals surface area (Å²) in [5.41, 5.74) is 2.32. The molecule has 1 aliphatic rings. The van der Waals surface area contributed by atoms with Gasteiger partial charge in [0.2, 0.25) is 5.91 Å². The number of rotatable bonds is 8. The summed E-state index contributed by atoms with van der Waals surface area (Å²) in [7, 11) is 1.57. The van der Waals surface area contributed by atoms with Gasteiger partial charge in [-0.1, -0.05) is 45.0 Å². The minimum atomic E-state index is -0.787. The Bertz CT molecular complexity index is 1170. The molecule has 3 rings (SSSR count). The summed E-state index contributed by atoms with van der Waals surface area (Å²) < 4.78 is 5.12. The lowest BCUT2D eigenvalue weighted by Gasteiger charge is -2.19. The lowest BCUT2D eigenvalue weighted by atomic mass is 9.86. The molecule has 0 spiro atoms. The fraction of sp³-hybridized carbons (Fsp3) is 0.333. The average Bonchev–Trinajstić information content (AvgIpc) is 3.11. The summed E-state index contributed by atoms with van der Waals surface area (Å²) in [5, 5.41) is 4.95. The van der Waals surface area contributed by atoms with Crippen LogP contribution in [-0.2, 0) is 15.0 Å². The molecule has 1 heterocycles. The Morgan fingerprint density at radius 2 is 1.69 bits per heavy atom. The van der Waals surface area contributed by atoms with Crippen LogP contribution >= 0.6 is 11.8 Å². The molecular weight excluding hydrogens is 478 g/mol. The second-order valence-electron chi connectivity index (χ2n) is 9.42. The van der Waals surface area contributed by atoms with Crippen LogP contribution in [0.15, 0.2) is 53.4 Å². The van der Waals surface area contributed by atoms with E-state index in [2.05, 4.69) is 31.4 Å². The van der Waals surface area contributed by atoms with Crippen LogP contribution < -0.4 is 15.4 Å². The van der Waals surface area contributed by atoms with Crippen LogP contribution in [-0.4, -0.2) is 54.1 Å². The van der Waals surface area contributed by atoms with E-state index in [0.29, 0.717) is 16.2 Å². The van der Waals surface area contributed by atoms with Crippen molar-refractivity contribution in [2.45, 2.75) is 39.2 Å². The Hall–Kier alpha value is -3.59. The lowest BCUT2D eigenvalue weighted by molar-refractivity contribution is -0.124. The number of methoxy groups -OCH3 is 1. The predicted molar refractivity (Wildman–Crippen MR) is 141 cm³/mol. The molecule has 0 aliphatic carbocycles. The molecular formula is C27H31N3O5S. The number of nitrogens with zero attached hydrogens (tertiary/aromatic N) is 1. The van der Waals surface area contributed by atoms with Gasteiger partial charge >= 0.3 is 0 Å². The van der Waals surface area contributed by atoms with Crippen molar-refractivity contribution in [3.63, 3.8) is 0 Å². The van der Waals surface area contributed by atoms with Crippen LogP contribution in [0.2, 0.25) is 0 Å². The van der Waals surface area contributed by atoms with Gasteiger partial charge in [-0.25, -0.2) is 0 Å². The van der Waals surface area contributed by atoms with E-state index in [0.717, 1.165) is 27.8 Å². The number of imide groups is 1. The Morgan fingerprint density at radius 1 is 1.06 bits per heavy atom. The third-order valence-electron chi connectivity index (χ3n) is 5.68. The largest absolute Gasteiger partial charge is 0.497 e. The zero-order valence-corrected chi connectivity index (χ0v) is 21.9. The number of nitrogens with one attached hydrogen (secondary N) is 2. The van der Waals surface area contributed by atoms with Crippen LogP contribution in [0.3, 0.4) is 0 Å². The SMILES string of the molecule is COc1ccc(/C=C2/SC(=O)N(CCNC(=O)[C@H](C)NC(=O)c3ccc(C(C)(C)C)cc3)C2=O)cc1. The highest BCUT2D eigenvalue weighted by molar-refractivity contribution is 8.18. The standard InChI is InChI=1S/C27H31N3O5S/c1-17(29-24(32)19-8-10-20(11-9-19)27(2,3)4)23(31)28-14-15-30-25(33)22(36-26(30)34)16-18-6-12-21(35-5)13-7-18/h6-13,16-17H,14-15H2,1-5H3,(H,28,31)(H,29,32)/b22-16+/t17-/m0/s1. The number of carbonyl (C=O) groups is 4. The molecule has 0 bridgehead atoms. The van der Waals surface area contributed by atoms with E-state index in [-0.39, 0.29) is 24.4 Å². The third kappa shape index (κ3) is 6.75. The van der Waals surface area contributed by atoms with Gasteiger partial charge in [0.05, 0.1) is 12.0 Å². The minimum absolute atomic E-state index is 0.0228. The van der Waals surface area contributed by atoms with Crippen molar-refractivity contribution in [1.29, 1.82) is 0 Å². The van der Waals surface area contributed by atoms with Crippen molar-refractivity contribution in [3.05, 3.63) is 70.1 Å². The summed E-state index contributed by atoms with van der Waals surface area (Å²) in [6.07, 6.45) is 1.65. The van der Waals surface area contributed by atoms with Crippen LogP contribution in [0.5, 0.6) is 5.75 Å². The number of carbonyl (C=O) groups excluding carboxylic acids is 4. The number of hydrogen-bond acceptors (Lipinski definition) is 6. The maximum absolute atomic E-state index is 12.7. The van der Waals surface area contributed by atoms with Gasteiger partial charge in [0, 0.05) is 18.7 Å². The van der Waals surface area contributed by atoms with E-state index in [1.54, 1.807) is 56.5 Å². The van der Waals surface area contributed by atoms with Gasteiger partial charge in [0.1, 0.15) is 11.8 Å². The Labute approximate surface area is 215 Å². The summed E-state index contributed by atoms with van der Waals surface area (Å²) in [5.74, 6) is -0.474. The van der Waals surface area contributed by atoms with Crippen LogP contribution in [0.4, 0.5) is 4.79 Å². The van der Waals surface area contributed by atoms with E-state index in [1.807, 2.05) is 12.1 Å². The smallest absolute Gasteiger partial charge is 0.293 e. The summed E-state index contributed by atoms with van der Waals surface area (Å²) >= 11 is 0.858. The van der Waals surface area contributed by atoms with Gasteiger partial charge in [-0.15, -0.1) is 0 Å². The zero-order valence-electron chi connectivity index (χ0n) is 21.1. The number of thioether (sulfide) groups is 1. The second-order valence-corrected chi connectivity index (χ2v) is 10.4. The number of benzene rings is 2. The first-order valence-corrected chi connectivity index (χ1v) is 12.4. The minimum Gasteiger partial charge on any atom is -0.497 e. The molecule has 8 nitrogen and oxygen atoms in total. The first kappa shape index (κ1) is 27.0. The van der Waals surface area contributed by atoms with Gasteiger partial charge in [-0.3, -0.25) is 24.1 Å². The van der Waals surface area contributed by atoms with Crippen LogP contribution in [0.1, 0.15) is 49.2 Å². The highest BCUT2D eigenvalue weighted by Crippen LogP contribution is 2.32. The molecule has 2 aromatic carbocycles. The highest BCUT2D eigenvalue weighted by atomic mass is 32.2.